The quantitative estimate of drug-likeness (QED) is 0.00638. The molecule has 4 aromatic rings. The topological polar surface area (TPSA) is 295 Å². The summed E-state index contributed by atoms with van der Waals surface area (Å²) in [6.07, 6.45) is 5.29. The van der Waals surface area contributed by atoms with Crippen molar-refractivity contribution in [2.45, 2.75) is 63.7 Å². The number of aryl methyl sites for hydroxylation is 1. The highest BCUT2D eigenvalue weighted by Gasteiger charge is 2.36. The normalized spacial score (nSPS) is 13.5. The number of rotatable bonds is 49. The number of aliphatic hydroxyl groups is 1. The molecule has 0 saturated carbocycles. The number of carbonyl (C=O) groups is 2. The van der Waals surface area contributed by atoms with Gasteiger partial charge in [0.25, 0.3) is 0 Å². The number of fused-ring (bicyclic) bond motifs is 1. The Morgan fingerprint density at radius 1 is 0.701 bits per heavy atom. The molecule has 0 atom stereocenters. The van der Waals surface area contributed by atoms with E-state index in [1.54, 1.807) is 36.4 Å². The average molecular weight is 1390 g/mol. The lowest BCUT2D eigenvalue weighted by molar-refractivity contribution is -0.136. The third kappa shape index (κ3) is 28.0. The Hall–Kier alpha value is -7.02. The lowest BCUT2D eigenvalue weighted by Crippen LogP contribution is -2.51. The van der Waals surface area contributed by atoms with Gasteiger partial charge in [-0.15, -0.1) is 0 Å². The lowest BCUT2D eigenvalue weighted by atomic mass is 9.93. The molecule has 0 unspecified atom stereocenters. The van der Waals surface area contributed by atoms with Crippen LogP contribution in [0.15, 0.2) is 87.2 Å². The number of amides is 1. The summed E-state index contributed by atoms with van der Waals surface area (Å²) in [6.45, 7) is 13.1. The number of unbranched alkanes of at least 4 members (excludes halogenated alkanes) is 1. The first-order valence-electron chi connectivity index (χ1n) is 32.7. The molecule has 1 amide bonds. The molecule has 1 fully saturated rings. The Balaban J connectivity index is 0.801. The van der Waals surface area contributed by atoms with Gasteiger partial charge in [0.15, 0.2) is 17.6 Å². The molecule has 0 aliphatic carbocycles. The number of nitrogens with zero attached hydrogens (tertiary/aromatic N) is 5. The molecule has 0 radical (unpaired) electrons. The molecule has 29 heteroatoms. The van der Waals surface area contributed by atoms with Gasteiger partial charge in [-0.3, -0.25) is 14.6 Å². The molecule has 4 aromatic carbocycles. The van der Waals surface area contributed by atoms with Gasteiger partial charge in [0.05, 0.1) is 161 Å². The molecule has 24 nitrogen and oxygen atoms in total. The van der Waals surface area contributed by atoms with Crippen LogP contribution in [0.5, 0.6) is 5.75 Å². The number of nitrogens with two attached hydrogens (primary N) is 1. The van der Waals surface area contributed by atoms with Gasteiger partial charge in [-0.2, -0.15) is 18.3 Å². The van der Waals surface area contributed by atoms with Gasteiger partial charge in [-0.05, 0) is 91.3 Å². The van der Waals surface area contributed by atoms with Crippen LogP contribution in [-0.4, -0.2) is 224 Å². The van der Waals surface area contributed by atoms with Gasteiger partial charge in [0.2, 0.25) is 33.3 Å². The Kier molecular flexibility index (Phi) is 36.5. The first-order valence-corrected chi connectivity index (χ1v) is 34.2. The minimum atomic E-state index is -3.79. The van der Waals surface area contributed by atoms with Crippen LogP contribution >= 0.6 is 0 Å². The fourth-order valence-corrected chi connectivity index (χ4v) is 11.4. The number of nitriles is 1. The van der Waals surface area contributed by atoms with Gasteiger partial charge in [-0.1, -0.05) is 38.1 Å². The number of guanidine groups is 1. The number of esters is 1. The first-order chi connectivity index (χ1) is 47.1. The van der Waals surface area contributed by atoms with Crippen molar-refractivity contribution < 1.29 is 92.8 Å². The molecule has 0 bridgehead atoms. The molecule has 2 aliphatic rings. The van der Waals surface area contributed by atoms with Crippen LogP contribution in [0, 0.1) is 40.5 Å². The molecule has 5 N–H and O–H groups in total. The lowest BCUT2D eigenvalue weighted by Gasteiger charge is -2.36. The van der Waals surface area contributed by atoms with E-state index in [0.717, 1.165) is 29.5 Å². The van der Waals surface area contributed by atoms with E-state index < -0.39 is 51.4 Å². The van der Waals surface area contributed by atoms with Gasteiger partial charge in [-0.25, -0.2) is 22.2 Å². The number of sulfonamides is 1. The minimum absolute atomic E-state index is 0.0129. The number of anilines is 1. The van der Waals surface area contributed by atoms with Crippen LogP contribution < -0.4 is 21.1 Å². The maximum atomic E-state index is 14.1. The predicted octanol–water partition coefficient (Wildman–Crippen LogP) is 7.36. The number of benzene rings is 4. The number of amidine groups is 1. The van der Waals surface area contributed by atoms with Crippen molar-refractivity contribution in [3.63, 3.8) is 0 Å². The van der Waals surface area contributed by atoms with Gasteiger partial charge < -0.3 is 78.5 Å². The Bertz CT molecular complexity index is 3290. The molecule has 534 valence electrons. The number of ether oxygens (including phenoxy) is 11. The predicted molar refractivity (Wildman–Crippen MR) is 355 cm³/mol. The van der Waals surface area contributed by atoms with Crippen LogP contribution in [0.3, 0.4) is 0 Å². The zero-order chi connectivity index (χ0) is 69.5. The van der Waals surface area contributed by atoms with Crippen molar-refractivity contribution in [2.75, 3.05) is 183 Å². The molecule has 0 aromatic heterocycles. The number of carbonyl (C=O) groups excluding carboxylic acids is 2. The van der Waals surface area contributed by atoms with E-state index in [1.165, 1.54) is 4.31 Å². The van der Waals surface area contributed by atoms with Crippen molar-refractivity contribution in [1.29, 1.82) is 5.26 Å². The number of hydrogen-bond donors (Lipinski definition) is 4. The molecule has 6 rings (SSSR count). The van der Waals surface area contributed by atoms with E-state index in [4.69, 9.17) is 63.1 Å². The molecular weight excluding hydrogens is 1290 g/mol. The molecule has 0 spiro atoms. The highest BCUT2D eigenvalue weighted by molar-refractivity contribution is 7.89. The van der Waals surface area contributed by atoms with E-state index in [-0.39, 0.29) is 75.3 Å². The van der Waals surface area contributed by atoms with Crippen molar-refractivity contribution in [2.24, 2.45) is 21.6 Å². The van der Waals surface area contributed by atoms with Gasteiger partial charge >= 0.3 is 5.97 Å². The molecule has 2 heterocycles. The Morgan fingerprint density at radius 2 is 1.24 bits per heavy atom. The maximum Gasteiger partial charge on any atom is 0.313 e. The van der Waals surface area contributed by atoms with E-state index in [2.05, 4.69) is 21.4 Å². The van der Waals surface area contributed by atoms with Crippen LogP contribution in [0.2, 0.25) is 0 Å². The molecular formula is C68H92F4N8O16S. The highest BCUT2D eigenvalue weighted by Crippen LogP contribution is 2.37. The zero-order valence-corrected chi connectivity index (χ0v) is 56.2. The highest BCUT2D eigenvalue weighted by atomic mass is 32.2. The second-order valence-corrected chi connectivity index (χ2v) is 24.2. The monoisotopic (exact) mass is 1380 g/mol. The molecule has 2 aliphatic heterocycles. The zero-order valence-electron chi connectivity index (χ0n) is 55.4. The van der Waals surface area contributed by atoms with Crippen LogP contribution in [-0.2, 0) is 73.4 Å². The SMILES string of the molecule is CCCN(CCC)C(=O)C1=Cc2c(CCCCN=C(NCCOCCOCCOCCOCCOCCOCCOCCOCCOCCOCCC(=O)Oc3c(F)c(F)cc(F)c3F)Nc3cccc(C#N)c3)cc(-c3cccc(S(=O)(=O)N4CC(CO)C4)c3)cc2N=C(N)C1. The summed E-state index contributed by atoms with van der Waals surface area (Å²) in [6, 6.07) is 20.1. The van der Waals surface area contributed by atoms with Crippen molar-refractivity contribution in [3.8, 4) is 22.9 Å². The standard InChI is InChI=1S/C68H92F4N8O16S/c1-3-17-79(18-4-2)67(83)55-42-58-53(40-54(43-61(58)78-62(74)44-55)52-11-8-13-57(41-52)97(84,85)80-47-51(48-80)49-81)10-5-6-15-75-68(77-56-12-7-9-50(39-56)46-73)76-16-20-87-22-24-89-26-28-91-30-32-93-34-36-95-38-37-94-35-33-92-31-29-90-27-25-88-23-21-86-19-14-63(82)96-66-64(71)59(69)45-60(70)65(66)72/h7-9,11-13,39-43,45,51,81H,3-6,10,14-38,44,47-49H2,1-2H3,(H2,74,78)(H2,75,76,77). The third-order valence-electron chi connectivity index (χ3n) is 14.7. The summed E-state index contributed by atoms with van der Waals surface area (Å²) in [5.74, 6) is -8.90. The summed E-state index contributed by atoms with van der Waals surface area (Å²) < 4.78 is 142. The summed E-state index contributed by atoms with van der Waals surface area (Å²) in [5, 5.41) is 25.8. The number of aliphatic imine (C=N–C) groups is 2. The number of nitrogens with one attached hydrogen (secondary N) is 2. The maximum absolute atomic E-state index is 14.1. The molecule has 1 saturated heterocycles. The van der Waals surface area contributed by atoms with Crippen molar-refractivity contribution >= 4 is 51.1 Å². The summed E-state index contributed by atoms with van der Waals surface area (Å²) in [7, 11) is -3.79. The second kappa shape index (κ2) is 44.8. The fourth-order valence-electron chi connectivity index (χ4n) is 9.80. The van der Waals surface area contributed by atoms with Gasteiger partial charge in [0.1, 0.15) is 5.84 Å². The fraction of sp³-hybridized carbons (Fsp3) is 0.544. The molecule has 97 heavy (non-hydrogen) atoms. The van der Waals surface area contributed by atoms with E-state index in [1.807, 2.05) is 49.1 Å². The van der Waals surface area contributed by atoms with Crippen LogP contribution in [0.25, 0.3) is 17.2 Å². The van der Waals surface area contributed by atoms with Gasteiger partial charge in [0, 0.05) is 81.1 Å². The third-order valence-corrected chi connectivity index (χ3v) is 16.6. The summed E-state index contributed by atoms with van der Waals surface area (Å²) >= 11 is 0. The van der Waals surface area contributed by atoms with Crippen molar-refractivity contribution in [3.05, 3.63) is 112 Å². The minimum Gasteiger partial charge on any atom is -0.420 e. The summed E-state index contributed by atoms with van der Waals surface area (Å²) in [4.78, 5) is 37.6. The second-order valence-electron chi connectivity index (χ2n) is 22.3. The van der Waals surface area contributed by atoms with Crippen LogP contribution in [0.4, 0.5) is 28.9 Å². The Labute approximate surface area is 565 Å². The van der Waals surface area contributed by atoms with Crippen LogP contribution in [0.1, 0.15) is 69.1 Å². The largest absolute Gasteiger partial charge is 0.420 e. The van der Waals surface area contributed by atoms with E-state index in [0.29, 0.717) is 191 Å². The van der Waals surface area contributed by atoms with Crippen molar-refractivity contribution in [1.82, 2.24) is 14.5 Å². The number of aliphatic hydroxyl groups excluding tert-OH is 1. The van der Waals surface area contributed by atoms with E-state index >= 15 is 0 Å². The summed E-state index contributed by atoms with van der Waals surface area (Å²) in [5.41, 5.74) is 12.1. The Morgan fingerprint density at radius 3 is 1.77 bits per heavy atom. The van der Waals surface area contributed by atoms with E-state index in [9.17, 15) is 45.9 Å². The average Bonchev–Trinajstić information content (AvgIpc) is 1.54. The number of halogens is 4. The first kappa shape index (κ1) is 79.0. The number of hydrogen-bond acceptors (Lipinski definition) is 20. The smallest absolute Gasteiger partial charge is 0.313 e.